The highest BCUT2D eigenvalue weighted by Gasteiger charge is 2.11. The van der Waals surface area contributed by atoms with Crippen molar-refractivity contribution >= 4 is 23.4 Å². The highest BCUT2D eigenvalue weighted by molar-refractivity contribution is 7.98. The van der Waals surface area contributed by atoms with E-state index in [4.69, 9.17) is 0 Å². The maximum atomic E-state index is 4.50. The average Bonchev–Trinajstić information content (AvgIpc) is 2.28. The summed E-state index contributed by atoms with van der Waals surface area (Å²) in [5.41, 5.74) is 1.11. The van der Waals surface area contributed by atoms with Crippen LogP contribution in [0.25, 0.3) is 0 Å². The van der Waals surface area contributed by atoms with E-state index < -0.39 is 0 Å². The minimum Gasteiger partial charge on any atom is -0.373 e. The van der Waals surface area contributed by atoms with Crippen molar-refractivity contribution in [2.24, 2.45) is 0 Å². The molecule has 0 fully saturated rings. The number of nitrogens with zero attached hydrogens (tertiary/aromatic N) is 3. The predicted octanol–water partition coefficient (Wildman–Crippen LogP) is 1.93. The summed E-state index contributed by atoms with van der Waals surface area (Å²) in [7, 11) is 3.96. The van der Waals surface area contributed by atoms with E-state index >= 15 is 0 Å². The fraction of sp³-hybridized carbons (Fsp3) is 0.636. The van der Waals surface area contributed by atoms with E-state index in [0.29, 0.717) is 0 Å². The van der Waals surface area contributed by atoms with Crippen LogP contribution in [0.1, 0.15) is 11.4 Å². The van der Waals surface area contributed by atoms with Gasteiger partial charge in [-0.05, 0) is 20.1 Å². The van der Waals surface area contributed by atoms with Gasteiger partial charge in [0.25, 0.3) is 0 Å². The van der Waals surface area contributed by atoms with Gasteiger partial charge in [-0.1, -0.05) is 0 Å². The van der Waals surface area contributed by atoms with E-state index in [0.717, 1.165) is 35.3 Å². The second-order valence-electron chi connectivity index (χ2n) is 3.73. The molecule has 0 aliphatic rings. The Bertz CT molecular complexity index is 354. The van der Waals surface area contributed by atoms with Gasteiger partial charge in [0.05, 0.1) is 0 Å². The van der Waals surface area contributed by atoms with Gasteiger partial charge in [0.2, 0.25) is 0 Å². The summed E-state index contributed by atoms with van der Waals surface area (Å²) in [4.78, 5) is 11.0. The number of anilines is 2. The molecule has 0 atom stereocenters. The van der Waals surface area contributed by atoms with E-state index in [9.17, 15) is 0 Å². The first kappa shape index (κ1) is 13.1. The second kappa shape index (κ2) is 5.94. The molecule has 1 aromatic rings. The number of aryl methyl sites for hydroxylation is 1. The maximum absolute atomic E-state index is 4.50. The summed E-state index contributed by atoms with van der Waals surface area (Å²) in [6, 6.07) is 0. The van der Waals surface area contributed by atoms with E-state index in [2.05, 4.69) is 40.4 Å². The molecule has 1 aromatic heterocycles. The van der Waals surface area contributed by atoms with Crippen LogP contribution in [0, 0.1) is 13.8 Å². The van der Waals surface area contributed by atoms with Crippen LogP contribution in [0.2, 0.25) is 0 Å². The van der Waals surface area contributed by atoms with Crippen molar-refractivity contribution in [2.75, 3.05) is 42.9 Å². The highest BCUT2D eigenvalue weighted by Crippen LogP contribution is 2.22. The molecule has 0 bridgehead atoms. The van der Waals surface area contributed by atoms with Gasteiger partial charge in [-0.15, -0.1) is 0 Å². The molecule has 4 nitrogen and oxygen atoms in total. The van der Waals surface area contributed by atoms with Gasteiger partial charge < -0.3 is 10.2 Å². The van der Waals surface area contributed by atoms with Crippen molar-refractivity contribution in [3.05, 3.63) is 11.4 Å². The van der Waals surface area contributed by atoms with Gasteiger partial charge in [0, 0.05) is 32.0 Å². The van der Waals surface area contributed by atoms with Crippen LogP contribution in [0.4, 0.5) is 11.6 Å². The van der Waals surface area contributed by atoms with Crippen LogP contribution in [0.5, 0.6) is 0 Å². The molecule has 1 heterocycles. The van der Waals surface area contributed by atoms with Crippen molar-refractivity contribution in [2.45, 2.75) is 13.8 Å². The largest absolute Gasteiger partial charge is 0.373 e. The molecule has 90 valence electrons. The first-order valence-corrected chi connectivity index (χ1v) is 6.72. The van der Waals surface area contributed by atoms with Crippen LogP contribution in [0.3, 0.4) is 0 Å². The van der Waals surface area contributed by atoms with Gasteiger partial charge in [-0.2, -0.15) is 11.8 Å². The number of thioether (sulfide) groups is 1. The topological polar surface area (TPSA) is 41.1 Å². The lowest BCUT2D eigenvalue weighted by molar-refractivity contribution is 0.907. The van der Waals surface area contributed by atoms with E-state index in [1.54, 1.807) is 0 Å². The minimum absolute atomic E-state index is 0.806. The Morgan fingerprint density at radius 2 is 2.00 bits per heavy atom. The molecule has 0 amide bonds. The monoisotopic (exact) mass is 240 g/mol. The molecule has 5 heteroatoms. The maximum Gasteiger partial charge on any atom is 0.137 e. The SMILES string of the molecule is CNc1nc(C)nc(N(C)CCSC)c1C. The van der Waals surface area contributed by atoms with Crippen LogP contribution >= 0.6 is 11.8 Å². The van der Waals surface area contributed by atoms with Crippen LogP contribution in [0.15, 0.2) is 0 Å². The third kappa shape index (κ3) is 3.01. The molecule has 0 radical (unpaired) electrons. The molecule has 1 rings (SSSR count). The summed E-state index contributed by atoms with van der Waals surface area (Å²) in [5, 5.41) is 3.10. The Labute approximate surface area is 102 Å². The summed E-state index contributed by atoms with van der Waals surface area (Å²) < 4.78 is 0. The van der Waals surface area contributed by atoms with E-state index in [1.165, 1.54) is 0 Å². The first-order chi connectivity index (χ1) is 7.60. The molecule has 0 aromatic carbocycles. The second-order valence-corrected chi connectivity index (χ2v) is 4.72. The van der Waals surface area contributed by atoms with Crippen LogP contribution in [-0.2, 0) is 0 Å². The van der Waals surface area contributed by atoms with Gasteiger partial charge in [-0.3, -0.25) is 0 Å². The van der Waals surface area contributed by atoms with Crippen molar-refractivity contribution < 1.29 is 0 Å². The Morgan fingerprint density at radius 3 is 2.56 bits per heavy atom. The summed E-state index contributed by atoms with van der Waals surface area (Å²) in [5.74, 6) is 3.85. The molecule has 1 N–H and O–H groups in total. The van der Waals surface area contributed by atoms with Crippen molar-refractivity contribution in [1.29, 1.82) is 0 Å². The summed E-state index contributed by atoms with van der Waals surface area (Å²) in [6.45, 7) is 4.98. The zero-order valence-electron chi connectivity index (χ0n) is 10.7. The standard InChI is InChI=1S/C11H20N4S/c1-8-10(12-3)13-9(2)14-11(8)15(4)6-7-16-5/h6-7H2,1-5H3,(H,12,13,14). The fourth-order valence-corrected chi connectivity index (χ4v) is 2.02. The molecule has 0 unspecified atom stereocenters. The molecule has 0 spiro atoms. The van der Waals surface area contributed by atoms with Crippen molar-refractivity contribution in [3.8, 4) is 0 Å². The Balaban J connectivity index is 2.98. The van der Waals surface area contributed by atoms with Crippen molar-refractivity contribution in [3.63, 3.8) is 0 Å². The van der Waals surface area contributed by atoms with E-state index in [-0.39, 0.29) is 0 Å². The Kier molecular flexibility index (Phi) is 4.86. The Hall–Kier alpha value is -0.970. The normalized spacial score (nSPS) is 10.3. The lowest BCUT2D eigenvalue weighted by Crippen LogP contribution is -2.23. The third-order valence-corrected chi connectivity index (χ3v) is 3.05. The van der Waals surface area contributed by atoms with Gasteiger partial charge in [0.1, 0.15) is 17.5 Å². The summed E-state index contributed by atoms with van der Waals surface area (Å²) in [6.07, 6.45) is 2.12. The zero-order valence-corrected chi connectivity index (χ0v) is 11.5. The van der Waals surface area contributed by atoms with Gasteiger partial charge in [-0.25, -0.2) is 9.97 Å². The molecular formula is C11H20N4S. The third-order valence-electron chi connectivity index (χ3n) is 2.46. The minimum atomic E-state index is 0.806. The van der Waals surface area contributed by atoms with E-state index in [1.807, 2.05) is 25.7 Å². The quantitative estimate of drug-likeness (QED) is 0.851. The van der Waals surface area contributed by atoms with Crippen LogP contribution < -0.4 is 10.2 Å². The first-order valence-electron chi connectivity index (χ1n) is 5.33. The Morgan fingerprint density at radius 1 is 1.31 bits per heavy atom. The molecule has 0 aliphatic heterocycles. The fourth-order valence-electron chi connectivity index (χ4n) is 1.56. The molecule has 0 saturated carbocycles. The zero-order chi connectivity index (χ0) is 12.1. The summed E-state index contributed by atoms with van der Waals surface area (Å²) >= 11 is 1.84. The highest BCUT2D eigenvalue weighted by atomic mass is 32.2. The number of hydrogen-bond donors (Lipinski definition) is 1. The van der Waals surface area contributed by atoms with Gasteiger partial charge >= 0.3 is 0 Å². The number of hydrogen-bond acceptors (Lipinski definition) is 5. The number of aromatic nitrogens is 2. The van der Waals surface area contributed by atoms with Gasteiger partial charge in [0.15, 0.2) is 0 Å². The lowest BCUT2D eigenvalue weighted by atomic mass is 10.3. The number of rotatable bonds is 5. The van der Waals surface area contributed by atoms with Crippen LogP contribution in [-0.4, -0.2) is 42.6 Å². The molecule has 0 saturated heterocycles. The average molecular weight is 240 g/mol. The molecular weight excluding hydrogens is 220 g/mol. The predicted molar refractivity (Wildman–Crippen MR) is 72.7 cm³/mol. The molecule has 0 aliphatic carbocycles. The van der Waals surface area contributed by atoms with Crippen molar-refractivity contribution in [1.82, 2.24) is 9.97 Å². The lowest BCUT2D eigenvalue weighted by Gasteiger charge is -2.21. The smallest absolute Gasteiger partial charge is 0.137 e. The molecule has 16 heavy (non-hydrogen) atoms. The number of nitrogens with one attached hydrogen (secondary N) is 1.